The Morgan fingerprint density at radius 3 is 2.62 bits per heavy atom. The zero-order valence-electron chi connectivity index (χ0n) is 21.7. The molecule has 2 heterocycles. The number of anilines is 1. The third-order valence-corrected chi connectivity index (χ3v) is 6.66. The van der Waals surface area contributed by atoms with Gasteiger partial charge in [0.1, 0.15) is 18.4 Å². The van der Waals surface area contributed by atoms with Crippen LogP contribution in [0, 0.1) is 5.92 Å². The average Bonchev–Trinajstić information content (AvgIpc) is 3.58. The fourth-order valence-electron chi connectivity index (χ4n) is 4.63. The highest BCUT2D eigenvalue weighted by atomic mass is 19.4. The quantitative estimate of drug-likeness (QED) is 0.238. The second-order valence-corrected chi connectivity index (χ2v) is 9.54. The summed E-state index contributed by atoms with van der Waals surface area (Å²) in [5.74, 6) is 0.0100. The largest absolute Gasteiger partial charge is 0.522 e. The van der Waals surface area contributed by atoms with Gasteiger partial charge in [-0.3, -0.25) is 24.5 Å². The number of ketones is 1. The zero-order valence-corrected chi connectivity index (χ0v) is 21.7. The van der Waals surface area contributed by atoms with Crippen molar-refractivity contribution in [2.45, 2.75) is 51.2 Å². The third-order valence-electron chi connectivity index (χ3n) is 6.66. The van der Waals surface area contributed by atoms with Gasteiger partial charge in [0.2, 0.25) is 23.3 Å². The number of aromatic nitrogens is 2. The van der Waals surface area contributed by atoms with Gasteiger partial charge in [-0.25, -0.2) is 9.97 Å². The molecule has 4 rings (SSSR count). The number of halogens is 3. The van der Waals surface area contributed by atoms with Crippen LogP contribution < -0.4 is 20.8 Å². The van der Waals surface area contributed by atoms with Crippen molar-refractivity contribution in [1.82, 2.24) is 20.2 Å². The normalized spacial score (nSPS) is 19.5. The lowest BCUT2D eigenvalue weighted by Gasteiger charge is -2.27. The van der Waals surface area contributed by atoms with Crippen LogP contribution in [0.1, 0.15) is 37.6 Å². The maximum absolute atomic E-state index is 13.2. The molecule has 2 amide bonds. The lowest BCUT2D eigenvalue weighted by molar-refractivity contribution is -0.324. The monoisotopic (exact) mass is 563 g/mol. The number of Topliss-reactive ketones (excluding diaryl/α,β-unsaturated/α-hetero) is 1. The second-order valence-electron chi connectivity index (χ2n) is 9.54. The first kappa shape index (κ1) is 28.9. The van der Waals surface area contributed by atoms with Gasteiger partial charge in [0.15, 0.2) is 5.82 Å². The van der Waals surface area contributed by atoms with E-state index in [1.165, 1.54) is 11.8 Å². The molecule has 4 N–H and O–H groups in total. The molecule has 1 saturated carbocycles. The first-order valence-electron chi connectivity index (χ1n) is 12.7. The Morgan fingerprint density at radius 2 is 1.93 bits per heavy atom. The van der Waals surface area contributed by atoms with Crippen molar-refractivity contribution in [1.29, 1.82) is 0 Å². The summed E-state index contributed by atoms with van der Waals surface area (Å²) < 4.78 is 45.7. The zero-order chi connectivity index (χ0) is 28.9. The minimum Gasteiger partial charge on any atom is -0.486 e. The number of nitrogens with two attached hydrogens (primary N) is 1. The molecule has 1 aliphatic heterocycles. The molecule has 0 spiro atoms. The molecule has 11 nitrogen and oxygen atoms in total. The van der Waals surface area contributed by atoms with Crippen LogP contribution in [0.2, 0.25) is 0 Å². The van der Waals surface area contributed by atoms with Crippen molar-refractivity contribution in [3.05, 3.63) is 48.0 Å². The van der Waals surface area contributed by atoms with Gasteiger partial charge in [-0.2, -0.15) is 0 Å². The van der Waals surface area contributed by atoms with E-state index in [-0.39, 0.29) is 55.5 Å². The van der Waals surface area contributed by atoms with Crippen molar-refractivity contribution in [3.8, 4) is 5.75 Å². The van der Waals surface area contributed by atoms with Crippen LogP contribution in [0.4, 0.5) is 18.9 Å². The number of carbonyl (C=O) groups excluding carboxylic acids is 3. The highest BCUT2D eigenvalue weighted by molar-refractivity contribution is 6.44. The summed E-state index contributed by atoms with van der Waals surface area (Å²) in [5, 5.41) is 11.7. The molecule has 2 fully saturated rings. The third kappa shape index (κ3) is 7.52. The first-order valence-corrected chi connectivity index (χ1v) is 12.7. The van der Waals surface area contributed by atoms with Crippen molar-refractivity contribution in [2.24, 2.45) is 5.92 Å². The van der Waals surface area contributed by atoms with Gasteiger partial charge >= 0.3 is 6.36 Å². The predicted molar refractivity (Wildman–Crippen MR) is 135 cm³/mol. The van der Waals surface area contributed by atoms with Crippen LogP contribution in [-0.4, -0.2) is 76.3 Å². The second kappa shape index (κ2) is 12.4. The molecular weight excluding hydrogens is 533 g/mol. The summed E-state index contributed by atoms with van der Waals surface area (Å²) in [7, 11) is 0. The fourth-order valence-corrected chi connectivity index (χ4v) is 4.63. The van der Waals surface area contributed by atoms with E-state index in [2.05, 4.69) is 25.3 Å². The maximum Gasteiger partial charge on any atom is 0.522 e. The van der Waals surface area contributed by atoms with E-state index < -0.39 is 24.9 Å². The van der Waals surface area contributed by atoms with E-state index in [1.54, 1.807) is 36.7 Å². The minimum atomic E-state index is -4.72. The van der Waals surface area contributed by atoms with Crippen LogP contribution in [0.5, 0.6) is 5.75 Å². The van der Waals surface area contributed by atoms with Crippen LogP contribution in [0.3, 0.4) is 0 Å². The van der Waals surface area contributed by atoms with Gasteiger partial charge in [0, 0.05) is 37.6 Å². The topological polar surface area (TPSA) is 148 Å². The Labute approximate surface area is 228 Å². The van der Waals surface area contributed by atoms with Crippen molar-refractivity contribution in [3.63, 3.8) is 0 Å². The minimum absolute atomic E-state index is 0.00460. The molecule has 1 aromatic carbocycles. The average molecular weight is 564 g/mol. The smallest absolute Gasteiger partial charge is 0.486 e. The molecule has 1 saturated heterocycles. The summed E-state index contributed by atoms with van der Waals surface area (Å²) >= 11 is 0. The van der Waals surface area contributed by atoms with E-state index in [0.717, 1.165) is 6.42 Å². The molecular formula is C26H30F3N6O5+. The molecule has 3 atom stereocenters. The number of fused-ring (bicyclic) bond motifs is 1. The Hall–Kier alpha value is -4.07. The molecule has 0 radical (unpaired) electrons. The number of piperidine rings is 1. The number of nitrogens with one attached hydrogen (secondary N) is 2. The van der Waals surface area contributed by atoms with Gasteiger partial charge in [-0.1, -0.05) is 0 Å². The van der Waals surface area contributed by atoms with Crippen molar-refractivity contribution >= 4 is 29.0 Å². The molecule has 214 valence electrons. The number of amides is 2. The van der Waals surface area contributed by atoms with Crippen molar-refractivity contribution in [2.75, 3.05) is 25.0 Å². The Morgan fingerprint density at radius 1 is 1.18 bits per heavy atom. The molecule has 0 bridgehead atoms. The van der Waals surface area contributed by atoms with E-state index in [4.69, 9.17) is 10.1 Å². The number of likely N-dealkylation sites (tertiary alicyclic amines) is 1. The van der Waals surface area contributed by atoms with Crippen LogP contribution in [0.15, 0.2) is 36.7 Å². The van der Waals surface area contributed by atoms with Crippen LogP contribution >= 0.6 is 0 Å². The Kier molecular flexibility index (Phi) is 8.97. The van der Waals surface area contributed by atoms with Crippen LogP contribution in [0.25, 0.3) is 0 Å². The summed E-state index contributed by atoms with van der Waals surface area (Å²) in [4.78, 5) is 47.7. The number of ether oxygens (including phenoxy) is 2. The highest BCUT2D eigenvalue weighted by Crippen LogP contribution is 2.47. The lowest BCUT2D eigenvalue weighted by atomic mass is 10.0. The number of benzene rings is 1. The van der Waals surface area contributed by atoms with E-state index in [9.17, 15) is 27.6 Å². The summed E-state index contributed by atoms with van der Waals surface area (Å²) in [5.41, 5.74) is 0.765. The molecule has 40 heavy (non-hydrogen) atoms. The number of alkyl halides is 3. The summed E-state index contributed by atoms with van der Waals surface area (Å²) in [6, 6.07) is 5.80. The Bertz CT molecular complexity index is 1260. The van der Waals surface area contributed by atoms with Gasteiger partial charge < -0.3 is 20.3 Å². The number of rotatable bonds is 13. The lowest BCUT2D eigenvalue weighted by Crippen LogP contribution is -2.50. The first-order chi connectivity index (χ1) is 19.0. The van der Waals surface area contributed by atoms with Gasteiger partial charge in [0.05, 0.1) is 18.7 Å². The highest BCUT2D eigenvalue weighted by Gasteiger charge is 2.55. The molecule has 1 aliphatic carbocycles. The van der Waals surface area contributed by atoms with E-state index >= 15 is 0 Å². The standard InChI is InChI=1S/C26H29F3N6O5/c1-15(36)24(30)18-12-17(39-14-22-31-6-2-7-32-22)4-5-19(18)34-13-23(37)35-20-10-16(20)11-21(35)25(38)33-8-3-9-40-26(27,28)29/h2,4-7,12,16,20-21,30,34H,3,8-11,13-14H2,1H3,(H,33,38)/p+1/t16-,20-,21+/m1/s1. The number of hydrogen-bond acceptors (Lipinski definition) is 8. The number of hydrogen-bond donors (Lipinski definition) is 3. The van der Waals surface area contributed by atoms with Gasteiger partial charge in [0.25, 0.3) is 0 Å². The maximum atomic E-state index is 13.2. The molecule has 14 heteroatoms. The summed E-state index contributed by atoms with van der Waals surface area (Å²) in [6.45, 7) is 0.685. The SMILES string of the molecule is CC(=O)C(=[NH2+])c1cc(OCc2ncccn2)ccc1NCC(=O)N1[C@@H]2C[C@@H]2C[C@H]1C(=O)NCCCOC(F)(F)F. The summed E-state index contributed by atoms with van der Waals surface area (Å²) in [6.07, 6.45) is -0.264. The van der Waals surface area contributed by atoms with Crippen molar-refractivity contribution < 1.29 is 42.4 Å². The predicted octanol–water partition coefficient (Wildman–Crippen LogP) is 0.637. The van der Waals surface area contributed by atoms with Gasteiger partial charge in [-0.05, 0) is 49.4 Å². The molecule has 0 unspecified atom stereocenters. The number of carbonyl (C=O) groups is 3. The van der Waals surface area contributed by atoms with E-state index in [1.807, 2.05) is 0 Å². The van der Waals surface area contributed by atoms with E-state index in [0.29, 0.717) is 29.2 Å². The van der Waals surface area contributed by atoms with Crippen LogP contribution in [-0.2, 0) is 25.7 Å². The Balaban J connectivity index is 1.36. The molecule has 2 aromatic rings. The number of nitrogens with zero attached hydrogens (tertiary/aromatic N) is 3. The molecule has 2 aliphatic rings. The van der Waals surface area contributed by atoms with Gasteiger partial charge in [-0.15, -0.1) is 13.2 Å². The fraction of sp³-hybridized carbons (Fsp3) is 0.462. The molecule has 1 aromatic heterocycles.